The lowest BCUT2D eigenvalue weighted by molar-refractivity contribution is -0.148. The van der Waals surface area contributed by atoms with Gasteiger partial charge in [-0.1, -0.05) is 0 Å². The molecule has 1 unspecified atom stereocenters. The maximum Gasteiger partial charge on any atom is 0.329 e. The molecule has 0 aromatic carbocycles. The third-order valence-electron chi connectivity index (χ3n) is 4.03. The number of carboxylic acid groups (broad SMARTS) is 1. The van der Waals surface area contributed by atoms with E-state index in [-0.39, 0.29) is 5.91 Å². The molecule has 7 nitrogen and oxygen atoms in total. The van der Waals surface area contributed by atoms with Crippen molar-refractivity contribution in [3.63, 3.8) is 0 Å². The second-order valence-corrected chi connectivity index (χ2v) is 5.14. The van der Waals surface area contributed by atoms with Gasteiger partial charge in [-0.15, -0.1) is 0 Å². The molecule has 3 amide bonds. The van der Waals surface area contributed by atoms with E-state index in [4.69, 9.17) is 0 Å². The first-order valence-corrected chi connectivity index (χ1v) is 6.54. The zero-order valence-electron chi connectivity index (χ0n) is 10.9. The van der Waals surface area contributed by atoms with Crippen molar-refractivity contribution in [3.8, 4) is 0 Å². The Morgan fingerprint density at radius 3 is 2.42 bits per heavy atom. The van der Waals surface area contributed by atoms with Crippen LogP contribution in [0, 0.1) is 0 Å². The van der Waals surface area contributed by atoms with Crippen molar-refractivity contribution in [1.29, 1.82) is 0 Å². The molecule has 0 bridgehead atoms. The maximum atomic E-state index is 12.2. The lowest BCUT2D eigenvalue weighted by Crippen LogP contribution is -2.62. The molecule has 2 rings (SSSR count). The highest BCUT2D eigenvalue weighted by Crippen LogP contribution is 2.32. The number of amides is 3. The summed E-state index contributed by atoms with van der Waals surface area (Å²) in [4.78, 5) is 36.5. The van der Waals surface area contributed by atoms with Gasteiger partial charge in [-0.05, 0) is 32.1 Å². The minimum Gasteiger partial charge on any atom is -0.480 e. The summed E-state index contributed by atoms with van der Waals surface area (Å²) in [5, 5.41) is 14.3. The topological polar surface area (TPSA) is 98.7 Å². The molecule has 1 atom stereocenters. The number of hydrogen-bond acceptors (Lipinski definition) is 3. The molecule has 1 heterocycles. The van der Waals surface area contributed by atoms with E-state index in [2.05, 4.69) is 10.6 Å². The maximum absolute atomic E-state index is 12.2. The van der Waals surface area contributed by atoms with E-state index in [0.29, 0.717) is 25.8 Å². The van der Waals surface area contributed by atoms with Crippen molar-refractivity contribution in [2.75, 3.05) is 13.6 Å². The van der Waals surface area contributed by atoms with Crippen LogP contribution in [-0.2, 0) is 9.59 Å². The normalized spacial score (nSPS) is 24.5. The first-order valence-electron chi connectivity index (χ1n) is 6.54. The fourth-order valence-electron chi connectivity index (χ4n) is 2.65. The van der Waals surface area contributed by atoms with Crippen LogP contribution in [-0.4, -0.2) is 53.1 Å². The lowest BCUT2D eigenvalue weighted by Gasteiger charge is -2.39. The highest BCUT2D eigenvalue weighted by Gasteiger charge is 2.47. The molecular weight excluding hydrogens is 250 g/mol. The van der Waals surface area contributed by atoms with E-state index in [1.54, 1.807) is 0 Å². The van der Waals surface area contributed by atoms with Crippen molar-refractivity contribution in [2.24, 2.45) is 0 Å². The Morgan fingerprint density at radius 1 is 1.26 bits per heavy atom. The smallest absolute Gasteiger partial charge is 0.329 e. The monoisotopic (exact) mass is 269 g/mol. The van der Waals surface area contributed by atoms with E-state index in [1.807, 2.05) is 0 Å². The average molecular weight is 269 g/mol. The van der Waals surface area contributed by atoms with Crippen molar-refractivity contribution >= 4 is 17.9 Å². The summed E-state index contributed by atoms with van der Waals surface area (Å²) in [5.74, 6) is -1.20. The zero-order chi connectivity index (χ0) is 14.0. The Balaban J connectivity index is 2.03. The first-order chi connectivity index (χ1) is 9.00. The van der Waals surface area contributed by atoms with Gasteiger partial charge in [0.05, 0.1) is 0 Å². The first kappa shape index (κ1) is 13.6. The largest absolute Gasteiger partial charge is 0.480 e. The van der Waals surface area contributed by atoms with Gasteiger partial charge in [-0.25, -0.2) is 9.59 Å². The van der Waals surface area contributed by atoms with Crippen LogP contribution in [0.2, 0.25) is 0 Å². The van der Waals surface area contributed by atoms with Crippen LogP contribution in [0.4, 0.5) is 4.79 Å². The fraction of sp³-hybridized carbons (Fsp3) is 0.750. The Bertz CT molecular complexity index is 406. The van der Waals surface area contributed by atoms with Gasteiger partial charge in [0.1, 0.15) is 11.6 Å². The molecule has 1 saturated heterocycles. The molecule has 0 aromatic rings. The summed E-state index contributed by atoms with van der Waals surface area (Å²) in [5.41, 5.74) is -1.13. The van der Waals surface area contributed by atoms with Crippen molar-refractivity contribution < 1.29 is 19.5 Å². The molecule has 2 aliphatic rings. The standard InChI is InChI=1S/C12H19N3O4/c1-13-9(16)8-4-2-7-15(8)11(19)14-12(10(17)18)5-3-6-12/h8H,2-7H2,1H3,(H,13,16)(H,14,19)(H,17,18). The van der Waals surface area contributed by atoms with E-state index in [1.165, 1.54) is 11.9 Å². The third kappa shape index (κ3) is 2.36. The van der Waals surface area contributed by atoms with E-state index < -0.39 is 23.6 Å². The number of carboxylic acids is 1. The highest BCUT2D eigenvalue weighted by molar-refractivity contribution is 5.91. The van der Waals surface area contributed by atoms with Crippen LogP contribution in [0.15, 0.2) is 0 Å². The summed E-state index contributed by atoms with van der Waals surface area (Å²) >= 11 is 0. The van der Waals surface area contributed by atoms with Crippen LogP contribution in [0.3, 0.4) is 0 Å². The summed E-state index contributed by atoms with van der Waals surface area (Å²) < 4.78 is 0. The molecule has 1 aliphatic heterocycles. The minimum absolute atomic E-state index is 0.203. The molecule has 7 heteroatoms. The quantitative estimate of drug-likeness (QED) is 0.667. The van der Waals surface area contributed by atoms with Crippen LogP contribution in [0.1, 0.15) is 32.1 Å². The molecular formula is C12H19N3O4. The number of aliphatic carboxylic acids is 1. The highest BCUT2D eigenvalue weighted by atomic mass is 16.4. The van der Waals surface area contributed by atoms with Gasteiger partial charge in [0, 0.05) is 13.6 Å². The van der Waals surface area contributed by atoms with Crippen LogP contribution in [0.25, 0.3) is 0 Å². The molecule has 0 aromatic heterocycles. The van der Waals surface area contributed by atoms with Crippen LogP contribution < -0.4 is 10.6 Å². The number of urea groups is 1. The van der Waals surface area contributed by atoms with Gasteiger partial charge in [0.15, 0.2) is 0 Å². The minimum atomic E-state index is -1.13. The zero-order valence-corrected chi connectivity index (χ0v) is 10.9. The second-order valence-electron chi connectivity index (χ2n) is 5.14. The number of hydrogen-bond donors (Lipinski definition) is 3. The fourth-order valence-corrected chi connectivity index (χ4v) is 2.65. The number of likely N-dealkylation sites (N-methyl/N-ethyl adjacent to an activating group) is 1. The summed E-state index contributed by atoms with van der Waals surface area (Å²) in [6.07, 6.45) is 3.07. The van der Waals surface area contributed by atoms with Gasteiger partial charge in [-0.3, -0.25) is 4.79 Å². The van der Waals surface area contributed by atoms with Crippen LogP contribution in [0.5, 0.6) is 0 Å². The Morgan fingerprint density at radius 2 is 1.95 bits per heavy atom. The van der Waals surface area contributed by atoms with Gasteiger partial charge in [0.25, 0.3) is 0 Å². The van der Waals surface area contributed by atoms with Gasteiger partial charge >= 0.3 is 12.0 Å². The van der Waals surface area contributed by atoms with Crippen molar-refractivity contribution in [1.82, 2.24) is 15.5 Å². The number of nitrogens with one attached hydrogen (secondary N) is 2. The molecule has 106 valence electrons. The second kappa shape index (κ2) is 5.07. The van der Waals surface area contributed by atoms with E-state index in [0.717, 1.165) is 12.8 Å². The van der Waals surface area contributed by atoms with Crippen LogP contribution >= 0.6 is 0 Å². The number of carbonyl (C=O) groups is 3. The summed E-state index contributed by atoms with van der Waals surface area (Å²) in [7, 11) is 1.53. The number of nitrogens with zero attached hydrogens (tertiary/aromatic N) is 1. The molecule has 0 spiro atoms. The molecule has 1 saturated carbocycles. The summed E-state index contributed by atoms with van der Waals surface area (Å²) in [6.45, 7) is 0.486. The van der Waals surface area contributed by atoms with Gasteiger partial charge < -0.3 is 20.6 Å². The number of likely N-dealkylation sites (tertiary alicyclic amines) is 1. The number of carbonyl (C=O) groups excluding carboxylic acids is 2. The molecule has 0 radical (unpaired) electrons. The van der Waals surface area contributed by atoms with E-state index >= 15 is 0 Å². The van der Waals surface area contributed by atoms with Crippen molar-refractivity contribution in [3.05, 3.63) is 0 Å². The Hall–Kier alpha value is -1.79. The Kier molecular flexibility index (Phi) is 3.64. The molecule has 19 heavy (non-hydrogen) atoms. The molecule has 3 N–H and O–H groups in total. The third-order valence-corrected chi connectivity index (χ3v) is 4.03. The Labute approximate surface area is 111 Å². The summed E-state index contributed by atoms with van der Waals surface area (Å²) in [6, 6.07) is -0.941. The van der Waals surface area contributed by atoms with Gasteiger partial charge in [0.2, 0.25) is 5.91 Å². The average Bonchev–Trinajstić information content (AvgIpc) is 2.81. The SMILES string of the molecule is CNC(=O)C1CCCN1C(=O)NC1(C(=O)O)CCC1. The van der Waals surface area contributed by atoms with Gasteiger partial charge in [-0.2, -0.15) is 0 Å². The molecule has 2 fully saturated rings. The van der Waals surface area contributed by atoms with E-state index in [9.17, 15) is 19.5 Å². The lowest BCUT2D eigenvalue weighted by atomic mass is 9.77. The van der Waals surface area contributed by atoms with Crippen molar-refractivity contribution in [2.45, 2.75) is 43.7 Å². The number of rotatable bonds is 3. The molecule has 1 aliphatic carbocycles. The predicted molar refractivity (Wildman–Crippen MR) is 66.5 cm³/mol. The predicted octanol–water partition coefficient (Wildman–Crippen LogP) is -0.0863.